The van der Waals surface area contributed by atoms with E-state index in [1.54, 1.807) is 30.5 Å². The molecule has 7 heteroatoms. The summed E-state index contributed by atoms with van der Waals surface area (Å²) in [5.74, 6) is 1.01. The number of aryl methyl sites for hydroxylation is 1. The van der Waals surface area contributed by atoms with E-state index in [-0.39, 0.29) is 10.7 Å². The first-order chi connectivity index (χ1) is 11.9. The summed E-state index contributed by atoms with van der Waals surface area (Å²) in [5, 5.41) is 11.7. The van der Waals surface area contributed by atoms with Crippen molar-refractivity contribution in [3.63, 3.8) is 0 Å². The summed E-state index contributed by atoms with van der Waals surface area (Å²) in [5.41, 5.74) is 2.08. The SMILES string of the molecule is Cc1ccc(N=Cc2ccc(-c3ccc(Cl)c([N+](=O)[O-])c3)o2)cc1Cl. The number of nitro groups is 1. The average Bonchev–Trinajstić information content (AvgIpc) is 3.05. The van der Waals surface area contributed by atoms with Crippen molar-refractivity contribution < 1.29 is 9.34 Å². The molecule has 0 radical (unpaired) electrons. The number of halogens is 2. The summed E-state index contributed by atoms with van der Waals surface area (Å²) in [6, 6.07) is 13.5. The fraction of sp³-hybridized carbons (Fsp3) is 0.0556. The van der Waals surface area contributed by atoms with E-state index in [0.717, 1.165) is 5.56 Å². The van der Waals surface area contributed by atoms with Crippen LogP contribution >= 0.6 is 23.2 Å². The van der Waals surface area contributed by atoms with Crippen molar-refractivity contribution in [2.24, 2.45) is 4.99 Å². The largest absolute Gasteiger partial charge is 0.455 e. The standard InChI is InChI=1S/C18H12Cl2N2O3/c1-11-2-4-13(9-16(11)20)21-10-14-5-7-18(25-14)12-3-6-15(19)17(8-12)22(23)24/h2-10H,1H3. The third-order valence-electron chi connectivity index (χ3n) is 3.55. The zero-order chi connectivity index (χ0) is 18.0. The van der Waals surface area contributed by atoms with Gasteiger partial charge in [-0.1, -0.05) is 29.3 Å². The highest BCUT2D eigenvalue weighted by molar-refractivity contribution is 6.32. The molecule has 0 fully saturated rings. The minimum Gasteiger partial charge on any atom is -0.455 e. The molecule has 0 aliphatic rings. The van der Waals surface area contributed by atoms with Crippen LogP contribution in [0.15, 0.2) is 57.9 Å². The third-order valence-corrected chi connectivity index (χ3v) is 4.28. The Hall–Kier alpha value is -2.63. The van der Waals surface area contributed by atoms with E-state index in [0.29, 0.717) is 27.8 Å². The zero-order valence-electron chi connectivity index (χ0n) is 13.1. The van der Waals surface area contributed by atoms with E-state index < -0.39 is 4.92 Å². The lowest BCUT2D eigenvalue weighted by atomic mass is 10.1. The van der Waals surface area contributed by atoms with Crippen molar-refractivity contribution in [3.8, 4) is 11.3 Å². The number of benzene rings is 2. The molecule has 3 rings (SSSR count). The topological polar surface area (TPSA) is 68.6 Å². The molecule has 2 aromatic carbocycles. The Balaban J connectivity index is 1.85. The Morgan fingerprint density at radius 3 is 2.60 bits per heavy atom. The van der Waals surface area contributed by atoms with Crippen LogP contribution in [-0.4, -0.2) is 11.1 Å². The highest BCUT2D eigenvalue weighted by Crippen LogP contribution is 2.31. The molecule has 0 atom stereocenters. The minimum atomic E-state index is -0.529. The number of hydrogen-bond acceptors (Lipinski definition) is 4. The lowest BCUT2D eigenvalue weighted by Crippen LogP contribution is -1.89. The summed E-state index contributed by atoms with van der Waals surface area (Å²) < 4.78 is 5.67. The number of aliphatic imine (C=N–C) groups is 1. The zero-order valence-corrected chi connectivity index (χ0v) is 14.6. The van der Waals surface area contributed by atoms with Crippen molar-refractivity contribution in [2.45, 2.75) is 6.92 Å². The molecule has 25 heavy (non-hydrogen) atoms. The van der Waals surface area contributed by atoms with Crippen molar-refractivity contribution in [2.75, 3.05) is 0 Å². The van der Waals surface area contributed by atoms with Crippen LogP contribution in [0.3, 0.4) is 0 Å². The van der Waals surface area contributed by atoms with Crippen LogP contribution in [0, 0.1) is 17.0 Å². The highest BCUT2D eigenvalue weighted by Gasteiger charge is 2.15. The van der Waals surface area contributed by atoms with Crippen LogP contribution in [-0.2, 0) is 0 Å². The molecule has 0 saturated carbocycles. The molecule has 0 amide bonds. The number of nitro benzene ring substituents is 1. The summed E-state index contributed by atoms with van der Waals surface area (Å²) in [6.07, 6.45) is 1.56. The second-order valence-electron chi connectivity index (χ2n) is 5.32. The molecule has 1 aromatic heterocycles. The molecule has 0 saturated heterocycles. The van der Waals surface area contributed by atoms with Crippen molar-refractivity contribution in [1.29, 1.82) is 0 Å². The Morgan fingerprint density at radius 1 is 1.08 bits per heavy atom. The monoisotopic (exact) mass is 374 g/mol. The predicted octanol–water partition coefficient (Wildman–Crippen LogP) is 6.22. The smallest absolute Gasteiger partial charge is 0.288 e. The normalized spacial score (nSPS) is 11.2. The first-order valence-corrected chi connectivity index (χ1v) is 8.04. The van der Waals surface area contributed by atoms with E-state index in [2.05, 4.69) is 4.99 Å². The third kappa shape index (κ3) is 3.90. The van der Waals surface area contributed by atoms with Crippen LogP contribution in [0.4, 0.5) is 11.4 Å². The number of furan rings is 1. The molecule has 1 heterocycles. The fourth-order valence-electron chi connectivity index (χ4n) is 2.18. The van der Waals surface area contributed by atoms with Gasteiger partial charge in [-0.05, 0) is 48.9 Å². The van der Waals surface area contributed by atoms with E-state index >= 15 is 0 Å². The van der Waals surface area contributed by atoms with Crippen molar-refractivity contribution in [3.05, 3.63) is 80.0 Å². The lowest BCUT2D eigenvalue weighted by molar-refractivity contribution is -0.384. The lowest BCUT2D eigenvalue weighted by Gasteiger charge is -1.99. The average molecular weight is 375 g/mol. The second kappa shape index (κ2) is 7.09. The summed E-state index contributed by atoms with van der Waals surface area (Å²) >= 11 is 11.9. The molecular formula is C18H12Cl2N2O3. The molecule has 0 N–H and O–H groups in total. The Bertz CT molecular complexity index is 980. The second-order valence-corrected chi connectivity index (χ2v) is 6.13. The van der Waals surface area contributed by atoms with Gasteiger partial charge in [0.15, 0.2) is 0 Å². The molecule has 0 spiro atoms. The maximum Gasteiger partial charge on any atom is 0.288 e. The summed E-state index contributed by atoms with van der Waals surface area (Å²) in [4.78, 5) is 14.8. The van der Waals surface area contributed by atoms with Crippen molar-refractivity contribution in [1.82, 2.24) is 0 Å². The van der Waals surface area contributed by atoms with Crippen LogP contribution in [0.25, 0.3) is 11.3 Å². The first-order valence-electron chi connectivity index (χ1n) is 7.28. The van der Waals surface area contributed by atoms with E-state index in [1.807, 2.05) is 19.1 Å². The van der Waals surface area contributed by atoms with Gasteiger partial charge in [0.1, 0.15) is 16.5 Å². The van der Waals surface area contributed by atoms with Gasteiger partial charge >= 0.3 is 0 Å². The number of rotatable bonds is 4. The predicted molar refractivity (Wildman–Crippen MR) is 99.3 cm³/mol. The summed E-state index contributed by atoms with van der Waals surface area (Å²) in [7, 11) is 0. The molecule has 0 unspecified atom stereocenters. The van der Waals surface area contributed by atoms with E-state index in [4.69, 9.17) is 27.6 Å². The van der Waals surface area contributed by atoms with Gasteiger partial charge in [0.2, 0.25) is 0 Å². The van der Waals surface area contributed by atoms with Gasteiger partial charge in [-0.2, -0.15) is 0 Å². The molecular weight excluding hydrogens is 363 g/mol. The Morgan fingerprint density at radius 2 is 1.88 bits per heavy atom. The van der Waals surface area contributed by atoms with E-state index in [1.165, 1.54) is 12.1 Å². The molecule has 0 aliphatic heterocycles. The van der Waals surface area contributed by atoms with Gasteiger partial charge in [-0.25, -0.2) is 0 Å². The molecule has 126 valence electrons. The maximum absolute atomic E-state index is 11.0. The van der Waals surface area contributed by atoms with Gasteiger partial charge < -0.3 is 4.42 Å². The van der Waals surface area contributed by atoms with Crippen LogP contribution in [0.2, 0.25) is 10.0 Å². The molecule has 0 aliphatic carbocycles. The van der Waals surface area contributed by atoms with Gasteiger partial charge in [0, 0.05) is 16.7 Å². The maximum atomic E-state index is 11.0. The number of hydrogen-bond donors (Lipinski definition) is 0. The van der Waals surface area contributed by atoms with Crippen LogP contribution < -0.4 is 0 Å². The van der Waals surface area contributed by atoms with Crippen LogP contribution in [0.1, 0.15) is 11.3 Å². The fourth-order valence-corrected chi connectivity index (χ4v) is 2.54. The number of nitrogens with zero attached hydrogens (tertiary/aromatic N) is 2. The molecule has 5 nitrogen and oxygen atoms in total. The summed E-state index contributed by atoms with van der Waals surface area (Å²) in [6.45, 7) is 1.92. The van der Waals surface area contributed by atoms with Gasteiger partial charge in [0.25, 0.3) is 5.69 Å². The van der Waals surface area contributed by atoms with Crippen LogP contribution in [0.5, 0.6) is 0 Å². The Kier molecular flexibility index (Phi) is 4.88. The van der Waals surface area contributed by atoms with Crippen molar-refractivity contribution >= 4 is 40.8 Å². The minimum absolute atomic E-state index is 0.0818. The molecule has 3 aromatic rings. The highest BCUT2D eigenvalue weighted by atomic mass is 35.5. The molecule has 0 bridgehead atoms. The van der Waals surface area contributed by atoms with Gasteiger partial charge in [-0.3, -0.25) is 15.1 Å². The quantitative estimate of drug-likeness (QED) is 0.309. The Labute approximate surface area is 153 Å². The van der Waals surface area contributed by atoms with Gasteiger partial charge in [-0.15, -0.1) is 0 Å². The van der Waals surface area contributed by atoms with E-state index in [9.17, 15) is 10.1 Å². The van der Waals surface area contributed by atoms with Gasteiger partial charge in [0.05, 0.1) is 16.8 Å². The first kappa shape index (κ1) is 17.2.